The van der Waals surface area contributed by atoms with E-state index in [0.717, 1.165) is 0 Å². The molecule has 0 aliphatic carbocycles. The third-order valence-corrected chi connectivity index (χ3v) is 3.65. The van der Waals surface area contributed by atoms with Crippen molar-refractivity contribution in [2.75, 3.05) is 14.2 Å². The summed E-state index contributed by atoms with van der Waals surface area (Å²) in [6, 6.07) is 13.7. The molecule has 7 heteroatoms. The second kappa shape index (κ2) is 7.55. The van der Waals surface area contributed by atoms with Gasteiger partial charge in [-0.25, -0.2) is 0 Å². The van der Waals surface area contributed by atoms with Crippen molar-refractivity contribution in [2.24, 2.45) is 8.80 Å². The molecule has 6 nitrogen and oxygen atoms in total. The van der Waals surface area contributed by atoms with Crippen LogP contribution in [0.5, 0.6) is 11.5 Å². The molecule has 0 aliphatic heterocycles. The Morgan fingerprint density at radius 2 is 1.09 bits per heavy atom. The zero-order valence-electron chi connectivity index (χ0n) is 12.7. The van der Waals surface area contributed by atoms with Gasteiger partial charge in [0.15, 0.2) is 0 Å². The molecule has 0 aliphatic rings. The van der Waals surface area contributed by atoms with Gasteiger partial charge in [0.25, 0.3) is 0 Å². The van der Waals surface area contributed by atoms with E-state index in [-0.39, 0.29) is 0 Å². The van der Waals surface area contributed by atoms with Gasteiger partial charge in [0, 0.05) is 12.4 Å². The molecule has 0 fully saturated rings. The first-order valence-corrected chi connectivity index (χ1v) is 8.06. The molecule has 2 aromatic rings. The Morgan fingerprint density at radius 3 is 1.39 bits per heavy atom. The summed E-state index contributed by atoms with van der Waals surface area (Å²) in [5.74, 6) is 1.37. The second-order valence-corrected chi connectivity index (χ2v) is 5.78. The summed E-state index contributed by atoms with van der Waals surface area (Å²) in [6.07, 6.45) is 2.47. The average molecular weight is 332 g/mol. The number of benzene rings is 2. The van der Waals surface area contributed by atoms with Gasteiger partial charge in [-0.15, -0.1) is 0 Å². The van der Waals surface area contributed by atoms with Gasteiger partial charge in [0.1, 0.15) is 11.5 Å². The van der Waals surface area contributed by atoms with Crippen molar-refractivity contribution in [1.29, 1.82) is 0 Å². The maximum absolute atomic E-state index is 11.8. The molecule has 0 radical (unpaired) electrons. The van der Waals surface area contributed by atoms with Gasteiger partial charge in [-0.1, -0.05) is 0 Å². The van der Waals surface area contributed by atoms with Crippen molar-refractivity contribution in [3.63, 3.8) is 0 Å². The van der Waals surface area contributed by atoms with E-state index >= 15 is 0 Å². The van der Waals surface area contributed by atoms with Crippen LogP contribution in [-0.2, 0) is 10.2 Å². The van der Waals surface area contributed by atoms with Crippen molar-refractivity contribution in [1.82, 2.24) is 0 Å². The van der Waals surface area contributed by atoms with Crippen LogP contribution in [-0.4, -0.2) is 35.1 Å². The van der Waals surface area contributed by atoms with Crippen LogP contribution in [0.4, 0.5) is 0 Å². The fourth-order valence-electron chi connectivity index (χ4n) is 1.66. The van der Waals surface area contributed by atoms with Crippen LogP contribution in [0.2, 0.25) is 0 Å². The van der Waals surface area contributed by atoms with Gasteiger partial charge >= 0.3 is 10.2 Å². The molecule has 0 atom stereocenters. The predicted octanol–water partition coefficient (Wildman–Crippen LogP) is 2.49. The highest BCUT2D eigenvalue weighted by atomic mass is 32.2. The summed E-state index contributed by atoms with van der Waals surface area (Å²) in [5.41, 5.74) is 1.27. The van der Waals surface area contributed by atoms with E-state index in [1.807, 2.05) is 0 Å². The van der Waals surface area contributed by atoms with E-state index in [1.165, 1.54) is 12.4 Å². The lowest BCUT2D eigenvalue weighted by atomic mass is 10.2. The summed E-state index contributed by atoms with van der Waals surface area (Å²) in [4.78, 5) is 0. The van der Waals surface area contributed by atoms with Crippen molar-refractivity contribution in [3.8, 4) is 11.5 Å². The molecule has 0 amide bonds. The summed E-state index contributed by atoms with van der Waals surface area (Å²) in [7, 11) is -0.819. The maximum atomic E-state index is 11.8. The van der Waals surface area contributed by atoms with Gasteiger partial charge in [-0.2, -0.15) is 17.2 Å². The van der Waals surface area contributed by atoms with Gasteiger partial charge in [0.05, 0.1) is 14.2 Å². The van der Waals surface area contributed by atoms with Gasteiger partial charge in [-0.05, 0) is 59.7 Å². The van der Waals surface area contributed by atoms with Crippen LogP contribution in [0.15, 0.2) is 57.3 Å². The van der Waals surface area contributed by atoms with Crippen LogP contribution in [0.3, 0.4) is 0 Å². The van der Waals surface area contributed by atoms with E-state index in [2.05, 4.69) is 8.80 Å². The first kappa shape index (κ1) is 16.7. The molecule has 23 heavy (non-hydrogen) atoms. The SMILES string of the molecule is COc1ccc(C=NS(=O)(=O)N=Cc2ccc(OC)cc2)cc1. The Labute approximate surface area is 135 Å². The van der Waals surface area contributed by atoms with Crippen LogP contribution in [0.1, 0.15) is 11.1 Å². The largest absolute Gasteiger partial charge is 0.497 e. The highest BCUT2D eigenvalue weighted by molar-refractivity contribution is 7.89. The predicted molar refractivity (Wildman–Crippen MR) is 90.1 cm³/mol. The molecule has 0 saturated carbocycles. The number of rotatable bonds is 6. The van der Waals surface area contributed by atoms with Crippen LogP contribution in [0.25, 0.3) is 0 Å². The fourth-order valence-corrected chi connectivity index (χ4v) is 2.23. The lowest BCUT2D eigenvalue weighted by Crippen LogP contribution is -1.94. The number of hydrogen-bond acceptors (Lipinski definition) is 4. The first-order valence-electron chi connectivity index (χ1n) is 6.66. The van der Waals surface area contributed by atoms with E-state index in [1.54, 1.807) is 62.8 Å². The Kier molecular flexibility index (Phi) is 5.48. The Balaban J connectivity index is 2.07. The third kappa shape index (κ3) is 5.23. The van der Waals surface area contributed by atoms with Gasteiger partial charge in [-0.3, -0.25) is 0 Å². The first-order chi connectivity index (χ1) is 11.0. The lowest BCUT2D eigenvalue weighted by Gasteiger charge is -1.99. The maximum Gasteiger partial charge on any atom is 0.362 e. The average Bonchev–Trinajstić information content (AvgIpc) is 2.59. The standard InChI is InChI=1S/C16H16N2O4S/c1-21-15-7-3-13(4-8-15)11-17-23(19,20)18-12-14-5-9-16(22-2)10-6-14/h3-12H,1-2H3. The smallest absolute Gasteiger partial charge is 0.362 e. The fraction of sp³-hybridized carbons (Fsp3) is 0.125. The number of methoxy groups -OCH3 is 2. The highest BCUT2D eigenvalue weighted by Crippen LogP contribution is 2.11. The number of nitrogens with zero attached hydrogens (tertiary/aromatic N) is 2. The normalized spacial score (nSPS) is 11.9. The number of hydrogen-bond donors (Lipinski definition) is 0. The molecule has 0 spiro atoms. The molecule has 0 saturated heterocycles. The Morgan fingerprint density at radius 1 is 0.739 bits per heavy atom. The topological polar surface area (TPSA) is 77.3 Å². The minimum atomic E-state index is -3.93. The second-order valence-electron chi connectivity index (χ2n) is 4.46. The van der Waals surface area contributed by atoms with Crippen molar-refractivity contribution in [2.45, 2.75) is 0 Å². The Bertz CT molecular complexity index is 731. The monoisotopic (exact) mass is 332 g/mol. The zero-order chi connectivity index (χ0) is 16.7. The molecule has 0 aromatic heterocycles. The van der Waals surface area contributed by atoms with Gasteiger partial charge < -0.3 is 9.47 Å². The van der Waals surface area contributed by atoms with Crippen molar-refractivity contribution in [3.05, 3.63) is 59.7 Å². The van der Waals surface area contributed by atoms with Crippen LogP contribution >= 0.6 is 0 Å². The van der Waals surface area contributed by atoms with Gasteiger partial charge in [0.2, 0.25) is 0 Å². The molecular formula is C16H16N2O4S. The van der Waals surface area contributed by atoms with Crippen molar-refractivity contribution < 1.29 is 17.9 Å². The van der Waals surface area contributed by atoms with E-state index in [0.29, 0.717) is 22.6 Å². The molecule has 2 aromatic carbocycles. The van der Waals surface area contributed by atoms with E-state index in [4.69, 9.17) is 9.47 Å². The van der Waals surface area contributed by atoms with Crippen LogP contribution < -0.4 is 9.47 Å². The summed E-state index contributed by atoms with van der Waals surface area (Å²) < 4.78 is 40.6. The minimum Gasteiger partial charge on any atom is -0.497 e. The molecule has 120 valence electrons. The van der Waals surface area contributed by atoms with E-state index < -0.39 is 10.2 Å². The molecule has 0 heterocycles. The van der Waals surface area contributed by atoms with Crippen molar-refractivity contribution >= 4 is 22.6 Å². The summed E-state index contributed by atoms with van der Waals surface area (Å²) in [5, 5.41) is 0. The number of ether oxygens (including phenoxy) is 2. The molecule has 2 rings (SSSR count). The molecule has 0 unspecified atom stereocenters. The lowest BCUT2D eigenvalue weighted by molar-refractivity contribution is 0.414. The quantitative estimate of drug-likeness (QED) is 0.762. The zero-order valence-corrected chi connectivity index (χ0v) is 13.5. The van der Waals surface area contributed by atoms with Crippen LogP contribution in [0, 0.1) is 0 Å². The third-order valence-electron chi connectivity index (χ3n) is 2.90. The highest BCUT2D eigenvalue weighted by Gasteiger charge is 2.02. The summed E-state index contributed by atoms with van der Waals surface area (Å²) in [6.45, 7) is 0. The molecular weight excluding hydrogens is 316 g/mol. The van der Waals surface area contributed by atoms with E-state index in [9.17, 15) is 8.42 Å². The minimum absolute atomic E-state index is 0.633. The Hall–Kier alpha value is -2.67. The molecule has 0 N–H and O–H groups in total. The summed E-state index contributed by atoms with van der Waals surface area (Å²) >= 11 is 0. The molecule has 0 bridgehead atoms.